The molecule has 1 aromatic carbocycles. The third kappa shape index (κ3) is 6.44. The van der Waals surface area contributed by atoms with Gasteiger partial charge in [0.25, 0.3) is 0 Å². The lowest BCUT2D eigenvalue weighted by atomic mass is 9.85. The molecule has 0 radical (unpaired) electrons. The average Bonchev–Trinajstić information content (AvgIpc) is 3.62. The van der Waals surface area contributed by atoms with Crippen molar-refractivity contribution in [3.8, 4) is 11.6 Å². The van der Waals surface area contributed by atoms with Crippen LogP contribution >= 0.6 is 0 Å². The van der Waals surface area contributed by atoms with Gasteiger partial charge in [0.15, 0.2) is 11.5 Å². The maximum atomic E-state index is 15.9. The van der Waals surface area contributed by atoms with Crippen LogP contribution in [0, 0.1) is 17.3 Å². The van der Waals surface area contributed by atoms with E-state index >= 15 is 17.6 Å². The van der Waals surface area contributed by atoms with E-state index in [2.05, 4.69) is 15.3 Å². The molecule has 1 saturated heterocycles. The van der Waals surface area contributed by atoms with Gasteiger partial charge in [-0.25, -0.2) is 14.8 Å². The molecule has 6 atom stereocenters. The minimum Gasteiger partial charge on any atom is -0.497 e. The molecule has 2 amide bonds. The van der Waals surface area contributed by atoms with E-state index in [1.807, 2.05) is 0 Å². The predicted octanol–water partition coefficient (Wildman–Crippen LogP) is 5.65. The van der Waals surface area contributed by atoms with Gasteiger partial charge in [-0.3, -0.25) is 9.59 Å². The quantitative estimate of drug-likeness (QED) is 0.414. The zero-order chi connectivity index (χ0) is 33.8. The average molecular weight is 653 g/mol. The summed E-state index contributed by atoms with van der Waals surface area (Å²) in [6, 6.07) is 2.02. The van der Waals surface area contributed by atoms with Crippen molar-refractivity contribution in [3.05, 3.63) is 23.9 Å². The lowest BCUT2D eigenvalue weighted by Crippen LogP contribution is -2.57. The van der Waals surface area contributed by atoms with E-state index in [-0.39, 0.29) is 36.3 Å². The molecule has 2 aliphatic heterocycles. The highest BCUT2D eigenvalue weighted by Crippen LogP contribution is 2.49. The number of carbonyl (C=O) groups excluding carboxylic acids is 3. The minimum absolute atomic E-state index is 0.0619. The summed E-state index contributed by atoms with van der Waals surface area (Å²) in [4.78, 5) is 49.3. The molecular weight excluding hydrogens is 612 g/mol. The maximum Gasteiger partial charge on any atom is 0.408 e. The summed E-state index contributed by atoms with van der Waals surface area (Å²) < 4.78 is 79.3. The topological polar surface area (TPSA) is 120 Å². The summed E-state index contributed by atoms with van der Waals surface area (Å²) in [6.45, 7) is 7.85. The van der Waals surface area contributed by atoms with E-state index in [4.69, 9.17) is 14.2 Å². The Morgan fingerprint density at radius 1 is 1.07 bits per heavy atom. The number of methoxy groups -OCH3 is 1. The van der Waals surface area contributed by atoms with E-state index in [9.17, 15) is 14.4 Å². The van der Waals surface area contributed by atoms with Gasteiger partial charge >= 0.3 is 17.9 Å². The second kappa shape index (κ2) is 12.1. The number of aromatic nitrogens is 2. The van der Waals surface area contributed by atoms with Gasteiger partial charge in [-0.2, -0.15) is 17.6 Å². The van der Waals surface area contributed by atoms with Crippen LogP contribution in [0.3, 0.4) is 0 Å². The Balaban J connectivity index is 1.60. The highest BCUT2D eigenvalue weighted by atomic mass is 19.3. The molecular formula is C32H40F4N4O6. The minimum atomic E-state index is -4.78. The fourth-order valence-corrected chi connectivity index (χ4v) is 6.35. The molecule has 2 bridgehead atoms. The lowest BCUT2D eigenvalue weighted by molar-refractivity contribution is -0.223. The van der Waals surface area contributed by atoms with Crippen molar-refractivity contribution in [3.63, 3.8) is 0 Å². The van der Waals surface area contributed by atoms with Crippen molar-refractivity contribution >= 4 is 28.8 Å². The highest BCUT2D eigenvalue weighted by Gasteiger charge is 2.60. The number of ketones is 1. The number of nitrogens with zero attached hydrogens (tertiary/aromatic N) is 3. The van der Waals surface area contributed by atoms with E-state index in [1.54, 1.807) is 27.7 Å². The SMILES string of the molecule is COc1ccc2nc3c(nc2c1)O[C@H]1CN(C(=O)[C@H](C(C)(C)C)NC(=O)O[C@@H]2C[C@H]2CCCCC(F)(F)C3(F)F)[C@H](C(C)=O)[C@@H]1C. The number of rotatable bonds is 2. The number of carbonyl (C=O) groups is 3. The predicted molar refractivity (Wildman–Crippen MR) is 158 cm³/mol. The molecule has 2 fully saturated rings. The van der Waals surface area contributed by atoms with Crippen molar-refractivity contribution < 1.29 is 46.2 Å². The van der Waals surface area contributed by atoms with E-state index < -0.39 is 83.2 Å². The normalized spacial score (nSPS) is 30.0. The molecule has 0 unspecified atom stereocenters. The number of Topliss-reactive ketones (excluding diaryl/α,β-unsaturated/α-hetero) is 1. The van der Waals surface area contributed by atoms with E-state index in [1.165, 1.54) is 37.1 Å². The molecule has 0 spiro atoms. The van der Waals surface area contributed by atoms with Crippen molar-refractivity contribution in [2.24, 2.45) is 17.3 Å². The van der Waals surface area contributed by atoms with Crippen molar-refractivity contribution in [2.45, 2.75) is 103 Å². The third-order valence-corrected chi connectivity index (χ3v) is 9.16. The molecule has 3 heterocycles. The van der Waals surface area contributed by atoms with Gasteiger partial charge in [0.1, 0.15) is 24.0 Å². The van der Waals surface area contributed by atoms with Gasteiger partial charge in [-0.15, -0.1) is 0 Å². The molecule has 1 aliphatic carbocycles. The Bertz CT molecular complexity index is 1520. The molecule has 1 saturated carbocycles. The molecule has 1 aromatic heterocycles. The van der Waals surface area contributed by atoms with Crippen LogP contribution in [0.25, 0.3) is 11.0 Å². The number of fused-ring (bicyclic) bond motifs is 5. The lowest BCUT2D eigenvalue weighted by Gasteiger charge is -2.35. The van der Waals surface area contributed by atoms with Crippen LogP contribution in [-0.4, -0.2) is 76.5 Å². The number of ether oxygens (including phenoxy) is 3. The first-order valence-electron chi connectivity index (χ1n) is 15.5. The van der Waals surface area contributed by atoms with Crippen molar-refractivity contribution in [1.82, 2.24) is 20.2 Å². The van der Waals surface area contributed by atoms with Gasteiger partial charge in [0.05, 0.1) is 30.7 Å². The van der Waals surface area contributed by atoms with Crippen LogP contribution < -0.4 is 14.8 Å². The van der Waals surface area contributed by atoms with Gasteiger partial charge in [-0.1, -0.05) is 34.1 Å². The molecule has 1 N–H and O–H groups in total. The molecule has 14 heteroatoms. The zero-order valence-electron chi connectivity index (χ0n) is 26.7. The summed E-state index contributed by atoms with van der Waals surface area (Å²) in [5, 5.41) is 2.67. The number of benzene rings is 1. The number of nitrogens with one attached hydrogen (secondary N) is 1. The summed E-state index contributed by atoms with van der Waals surface area (Å²) in [7, 11) is 1.40. The first kappa shape index (κ1) is 33.6. The molecule has 46 heavy (non-hydrogen) atoms. The first-order chi connectivity index (χ1) is 21.4. The van der Waals surface area contributed by atoms with Crippen LogP contribution in [0.1, 0.15) is 72.4 Å². The van der Waals surface area contributed by atoms with Gasteiger partial charge in [0, 0.05) is 18.4 Å². The standard InChI is InChI=1S/C32H40F4N4O6/c1-16-23-15-40(24(16)17(2)41)28(42)26(30(3,4)5)39-29(43)46-22-13-18(22)9-7-8-12-31(33,34)32(35,36)25-27(45-23)38-21-14-19(44-6)10-11-20(21)37-25/h10-11,14,16,18,22-24,26H,7-9,12-13,15H2,1-6H3,(H,39,43)/t16-,18-,22-,23+,24+,26-/m1/s1. The Morgan fingerprint density at radius 3 is 2.43 bits per heavy atom. The number of alkyl halides is 4. The zero-order valence-corrected chi connectivity index (χ0v) is 26.7. The second-order valence-electron chi connectivity index (χ2n) is 13.7. The number of amides is 2. The summed E-state index contributed by atoms with van der Waals surface area (Å²) in [5.41, 5.74) is -2.16. The van der Waals surface area contributed by atoms with E-state index in [0.29, 0.717) is 18.6 Å². The Labute approximate surface area is 264 Å². The van der Waals surface area contributed by atoms with Gasteiger partial charge in [-0.05, 0) is 49.7 Å². The summed E-state index contributed by atoms with van der Waals surface area (Å²) in [5.74, 6) is -11.7. The Morgan fingerprint density at radius 2 is 1.78 bits per heavy atom. The van der Waals surface area contributed by atoms with Crippen LogP contribution in [0.5, 0.6) is 11.6 Å². The molecule has 3 aliphatic rings. The smallest absolute Gasteiger partial charge is 0.408 e. The molecule has 252 valence electrons. The van der Waals surface area contributed by atoms with Crippen molar-refractivity contribution in [1.29, 1.82) is 0 Å². The highest BCUT2D eigenvalue weighted by molar-refractivity contribution is 5.92. The number of hydrogen-bond acceptors (Lipinski definition) is 8. The van der Waals surface area contributed by atoms with Crippen LogP contribution in [0.15, 0.2) is 18.2 Å². The third-order valence-electron chi connectivity index (χ3n) is 9.16. The van der Waals surface area contributed by atoms with Crippen molar-refractivity contribution in [2.75, 3.05) is 13.7 Å². The summed E-state index contributed by atoms with van der Waals surface area (Å²) in [6.07, 6.45) is -2.59. The molecule has 5 rings (SSSR count). The van der Waals surface area contributed by atoms with E-state index in [0.717, 1.165) is 0 Å². The first-order valence-corrected chi connectivity index (χ1v) is 15.5. The van der Waals surface area contributed by atoms with Crippen LogP contribution in [0.2, 0.25) is 0 Å². The maximum absolute atomic E-state index is 15.9. The monoisotopic (exact) mass is 652 g/mol. The molecule has 10 nitrogen and oxygen atoms in total. The van der Waals surface area contributed by atoms with Crippen LogP contribution in [-0.2, 0) is 20.2 Å². The second-order valence-corrected chi connectivity index (χ2v) is 13.7. The summed E-state index contributed by atoms with van der Waals surface area (Å²) >= 11 is 0. The number of halogens is 4. The number of alkyl carbamates (subject to hydrolysis) is 1. The Kier molecular flexibility index (Phi) is 8.88. The van der Waals surface area contributed by atoms with Gasteiger partial charge in [0.2, 0.25) is 11.8 Å². The Hall–Kier alpha value is -3.71. The van der Waals surface area contributed by atoms with Gasteiger partial charge < -0.3 is 24.4 Å². The van der Waals surface area contributed by atoms with Crippen LogP contribution in [0.4, 0.5) is 22.4 Å². The number of hydrogen-bond donors (Lipinski definition) is 1. The molecule has 2 aromatic rings. The largest absolute Gasteiger partial charge is 0.497 e. The fourth-order valence-electron chi connectivity index (χ4n) is 6.35. The fraction of sp³-hybridized carbons (Fsp3) is 0.656.